The van der Waals surface area contributed by atoms with Gasteiger partial charge in [0.15, 0.2) is 34.2 Å². The predicted molar refractivity (Wildman–Crippen MR) is 133 cm³/mol. The Kier molecular flexibility index (Phi) is 8.47. The summed E-state index contributed by atoms with van der Waals surface area (Å²) in [5, 5.41) is 7.31. The molecule has 0 fully saturated rings. The molecule has 0 aliphatic heterocycles. The molecule has 3 aromatic rings. The third-order valence-electron chi connectivity index (χ3n) is 4.68. The quantitative estimate of drug-likeness (QED) is 0.110. The fraction of sp³-hybridized carbons (Fsp3) is 0.125. The zero-order valence-corrected chi connectivity index (χ0v) is 20.1. The first kappa shape index (κ1) is 26.2. The number of benzene rings is 3. The summed E-state index contributed by atoms with van der Waals surface area (Å²) in [6.07, 6.45) is 0. The van der Waals surface area contributed by atoms with Gasteiger partial charge in [0.05, 0.1) is 5.25 Å². The zero-order chi connectivity index (χ0) is 25.7. The van der Waals surface area contributed by atoms with Crippen LogP contribution in [0.15, 0.2) is 59.5 Å². The monoisotopic (exact) mass is 521 g/mol. The lowest BCUT2D eigenvalue weighted by Crippen LogP contribution is -2.24. The van der Waals surface area contributed by atoms with E-state index in [1.165, 1.54) is 13.8 Å². The smallest absolute Gasteiger partial charge is 0.237 e. The number of rotatable bonds is 7. The molecule has 3 rings (SSSR count). The van der Waals surface area contributed by atoms with Crippen LogP contribution in [-0.4, -0.2) is 22.1 Å². The van der Waals surface area contributed by atoms with Crippen LogP contribution >= 0.6 is 24.0 Å². The van der Waals surface area contributed by atoms with Crippen LogP contribution in [0.1, 0.15) is 24.2 Å². The molecular formula is C24H19F4N3O2S2. The molecule has 0 bridgehead atoms. The lowest BCUT2D eigenvalue weighted by atomic mass is 10.1. The topological polar surface area (TPSA) is 70.2 Å². The van der Waals surface area contributed by atoms with Gasteiger partial charge in [-0.05, 0) is 68.5 Å². The average molecular weight is 522 g/mol. The fourth-order valence-electron chi connectivity index (χ4n) is 2.89. The van der Waals surface area contributed by atoms with Crippen molar-refractivity contribution in [2.24, 2.45) is 0 Å². The van der Waals surface area contributed by atoms with Crippen LogP contribution in [0.5, 0.6) is 0 Å². The standard InChI is InChI=1S/C24H19F4N3O2S2/c1-12(32)14-6-8-15(9-7-14)29-24(34)30-16-4-3-5-17(10-16)35-13(2)23(33)31-22-20(27)18(25)11-19(26)21(22)28/h3-11,13H,1-2H3,(H,31,33)(H2,29,30,34). The van der Waals surface area contributed by atoms with Crippen molar-refractivity contribution in [1.29, 1.82) is 0 Å². The van der Waals surface area contributed by atoms with Gasteiger partial charge in [-0.1, -0.05) is 6.07 Å². The summed E-state index contributed by atoms with van der Waals surface area (Å²) in [5.41, 5.74) is 0.676. The highest BCUT2D eigenvalue weighted by atomic mass is 32.2. The van der Waals surface area contributed by atoms with Crippen LogP contribution in [0, 0.1) is 23.3 Å². The summed E-state index contributed by atoms with van der Waals surface area (Å²) in [4.78, 5) is 24.4. The molecule has 35 heavy (non-hydrogen) atoms. The summed E-state index contributed by atoms with van der Waals surface area (Å²) >= 11 is 6.36. The Morgan fingerprint density at radius 3 is 2.06 bits per heavy atom. The van der Waals surface area contributed by atoms with E-state index in [0.29, 0.717) is 21.8 Å². The Hall–Kier alpha value is -3.44. The maximum absolute atomic E-state index is 13.8. The minimum absolute atomic E-state index is 0.0483. The number of thiocarbonyl (C=S) groups is 1. The van der Waals surface area contributed by atoms with Crippen molar-refractivity contribution in [1.82, 2.24) is 0 Å². The number of hydrogen-bond acceptors (Lipinski definition) is 4. The lowest BCUT2D eigenvalue weighted by Gasteiger charge is -2.15. The summed E-state index contributed by atoms with van der Waals surface area (Å²) in [6, 6.07) is 13.7. The van der Waals surface area contributed by atoms with E-state index < -0.39 is 40.1 Å². The predicted octanol–water partition coefficient (Wildman–Crippen LogP) is 6.37. The first-order valence-electron chi connectivity index (χ1n) is 10.1. The SMILES string of the molecule is CC(=O)c1ccc(NC(=S)Nc2cccc(SC(C)C(=O)Nc3c(F)c(F)cc(F)c3F)c2)cc1. The number of nitrogens with one attached hydrogen (secondary N) is 3. The number of amides is 1. The van der Waals surface area contributed by atoms with E-state index in [1.54, 1.807) is 48.5 Å². The number of thioether (sulfide) groups is 1. The number of halogens is 4. The number of Topliss-reactive ketones (excluding diaryl/α,β-unsaturated/α-hetero) is 1. The number of carbonyl (C=O) groups is 2. The van der Waals surface area contributed by atoms with Gasteiger partial charge in [0, 0.05) is 27.9 Å². The molecule has 3 aromatic carbocycles. The van der Waals surface area contributed by atoms with Gasteiger partial charge < -0.3 is 16.0 Å². The zero-order valence-electron chi connectivity index (χ0n) is 18.4. The van der Waals surface area contributed by atoms with Crippen molar-refractivity contribution in [2.75, 3.05) is 16.0 Å². The number of hydrogen-bond donors (Lipinski definition) is 3. The highest BCUT2D eigenvalue weighted by molar-refractivity contribution is 8.00. The lowest BCUT2D eigenvalue weighted by molar-refractivity contribution is -0.115. The molecule has 0 aliphatic carbocycles. The average Bonchev–Trinajstić information content (AvgIpc) is 2.81. The second-order valence-corrected chi connectivity index (χ2v) is 9.16. The first-order valence-corrected chi connectivity index (χ1v) is 11.4. The Bertz CT molecular complexity index is 1260. The normalized spacial score (nSPS) is 11.5. The second-order valence-electron chi connectivity index (χ2n) is 7.33. The van der Waals surface area contributed by atoms with E-state index in [2.05, 4.69) is 10.6 Å². The van der Waals surface area contributed by atoms with Gasteiger partial charge in [-0.2, -0.15) is 0 Å². The molecule has 11 heteroatoms. The third-order valence-corrected chi connectivity index (χ3v) is 5.98. The van der Waals surface area contributed by atoms with E-state index in [0.717, 1.165) is 11.8 Å². The van der Waals surface area contributed by atoms with Gasteiger partial charge in [0.1, 0.15) is 5.69 Å². The summed E-state index contributed by atoms with van der Waals surface area (Å²) in [6.45, 7) is 2.95. The molecule has 0 saturated heterocycles. The van der Waals surface area contributed by atoms with Crippen molar-refractivity contribution < 1.29 is 27.2 Å². The molecule has 5 nitrogen and oxygen atoms in total. The minimum atomic E-state index is -1.68. The van der Waals surface area contributed by atoms with E-state index in [-0.39, 0.29) is 17.0 Å². The Labute approximate surface area is 208 Å². The molecule has 3 N–H and O–H groups in total. The number of carbonyl (C=O) groups excluding carboxylic acids is 2. The van der Waals surface area contributed by atoms with Crippen molar-refractivity contribution >= 4 is 57.8 Å². The van der Waals surface area contributed by atoms with Gasteiger partial charge in [0.25, 0.3) is 0 Å². The van der Waals surface area contributed by atoms with Crippen LogP contribution in [0.25, 0.3) is 0 Å². The molecule has 0 aromatic heterocycles. The van der Waals surface area contributed by atoms with Crippen LogP contribution in [0.4, 0.5) is 34.6 Å². The second kappa shape index (κ2) is 11.3. The summed E-state index contributed by atoms with van der Waals surface area (Å²) < 4.78 is 54.4. The number of ketones is 1. The summed E-state index contributed by atoms with van der Waals surface area (Å²) in [5.74, 6) is -7.49. The van der Waals surface area contributed by atoms with Crippen LogP contribution in [0.3, 0.4) is 0 Å². The molecule has 1 unspecified atom stereocenters. The van der Waals surface area contributed by atoms with Gasteiger partial charge in [0.2, 0.25) is 5.91 Å². The van der Waals surface area contributed by atoms with Crippen molar-refractivity contribution in [3.63, 3.8) is 0 Å². The first-order chi connectivity index (χ1) is 16.5. The van der Waals surface area contributed by atoms with E-state index in [1.807, 2.05) is 5.32 Å². The maximum atomic E-state index is 13.8. The van der Waals surface area contributed by atoms with Crippen LogP contribution < -0.4 is 16.0 Å². The molecule has 1 amide bonds. The van der Waals surface area contributed by atoms with Gasteiger partial charge in [-0.15, -0.1) is 11.8 Å². The third kappa shape index (κ3) is 6.80. The van der Waals surface area contributed by atoms with Gasteiger partial charge in [-0.25, -0.2) is 17.6 Å². The maximum Gasteiger partial charge on any atom is 0.237 e. The van der Waals surface area contributed by atoms with E-state index in [4.69, 9.17) is 12.2 Å². The molecule has 0 radical (unpaired) electrons. The van der Waals surface area contributed by atoms with Crippen molar-refractivity contribution in [3.8, 4) is 0 Å². The highest BCUT2D eigenvalue weighted by Gasteiger charge is 2.23. The molecule has 1 atom stereocenters. The minimum Gasteiger partial charge on any atom is -0.332 e. The van der Waals surface area contributed by atoms with Gasteiger partial charge in [-0.3, -0.25) is 9.59 Å². The molecule has 0 saturated carbocycles. The van der Waals surface area contributed by atoms with Crippen LogP contribution in [-0.2, 0) is 4.79 Å². The fourth-order valence-corrected chi connectivity index (χ4v) is 4.06. The molecule has 0 aliphatic rings. The Morgan fingerprint density at radius 1 is 0.857 bits per heavy atom. The van der Waals surface area contributed by atoms with Crippen molar-refractivity contribution in [3.05, 3.63) is 83.4 Å². The van der Waals surface area contributed by atoms with Crippen LogP contribution in [0.2, 0.25) is 0 Å². The Balaban J connectivity index is 1.62. The van der Waals surface area contributed by atoms with E-state index in [9.17, 15) is 27.2 Å². The largest absolute Gasteiger partial charge is 0.332 e. The molecule has 0 heterocycles. The van der Waals surface area contributed by atoms with E-state index >= 15 is 0 Å². The van der Waals surface area contributed by atoms with Crippen molar-refractivity contribution in [2.45, 2.75) is 24.0 Å². The molecular weight excluding hydrogens is 502 g/mol. The Morgan fingerprint density at radius 2 is 1.46 bits per heavy atom. The highest BCUT2D eigenvalue weighted by Crippen LogP contribution is 2.29. The molecule has 0 spiro atoms. The number of anilines is 3. The summed E-state index contributed by atoms with van der Waals surface area (Å²) in [7, 11) is 0. The molecule has 182 valence electrons. The van der Waals surface area contributed by atoms with Gasteiger partial charge >= 0.3 is 0 Å².